The first-order chi connectivity index (χ1) is 11.7. The molecule has 4 aromatic rings. The van der Waals surface area contributed by atoms with Gasteiger partial charge in [-0.1, -0.05) is 30.3 Å². The van der Waals surface area contributed by atoms with Gasteiger partial charge in [0.15, 0.2) is 0 Å². The zero-order chi connectivity index (χ0) is 16.5. The van der Waals surface area contributed by atoms with E-state index in [2.05, 4.69) is 15.4 Å². The monoisotopic (exact) mass is 317 g/mol. The number of amides is 1. The van der Waals surface area contributed by atoms with Gasteiger partial charge in [0.25, 0.3) is 5.91 Å². The third-order valence-electron chi connectivity index (χ3n) is 3.84. The van der Waals surface area contributed by atoms with Gasteiger partial charge >= 0.3 is 0 Å². The number of carbonyl (C=O) groups excluding carboxylic acids is 1. The average Bonchev–Trinajstić information content (AvgIpc) is 3.21. The lowest BCUT2D eigenvalue weighted by atomic mass is 10.2. The number of fused-ring (bicyclic) bond motifs is 1. The van der Waals surface area contributed by atoms with Gasteiger partial charge in [-0.05, 0) is 12.1 Å². The van der Waals surface area contributed by atoms with E-state index in [4.69, 9.17) is 0 Å². The molecule has 0 fully saturated rings. The lowest BCUT2D eigenvalue weighted by Gasteiger charge is -2.05. The predicted octanol–water partition coefficient (Wildman–Crippen LogP) is 2.99. The highest BCUT2D eigenvalue weighted by molar-refractivity contribution is 6.03. The molecule has 6 heteroatoms. The van der Waals surface area contributed by atoms with Crippen LogP contribution in [0.1, 0.15) is 10.5 Å². The molecule has 0 aliphatic rings. The highest BCUT2D eigenvalue weighted by Crippen LogP contribution is 2.20. The highest BCUT2D eigenvalue weighted by Gasteiger charge is 2.11. The molecule has 3 aromatic heterocycles. The van der Waals surface area contributed by atoms with E-state index in [1.165, 1.54) is 4.68 Å². The van der Waals surface area contributed by atoms with Crippen molar-refractivity contribution in [2.24, 2.45) is 7.05 Å². The molecule has 6 nitrogen and oxygen atoms in total. The number of anilines is 1. The topological polar surface area (TPSA) is 64.2 Å². The number of aromatic nitrogens is 4. The summed E-state index contributed by atoms with van der Waals surface area (Å²) in [6, 6.07) is 15.4. The summed E-state index contributed by atoms with van der Waals surface area (Å²) in [7, 11) is 1.73. The van der Waals surface area contributed by atoms with Crippen LogP contribution in [0, 0.1) is 0 Å². The van der Waals surface area contributed by atoms with Crippen molar-refractivity contribution in [2.45, 2.75) is 0 Å². The van der Waals surface area contributed by atoms with Gasteiger partial charge < -0.3 is 9.72 Å². The minimum atomic E-state index is -0.200. The van der Waals surface area contributed by atoms with Crippen LogP contribution >= 0.6 is 0 Å². The van der Waals surface area contributed by atoms with Crippen molar-refractivity contribution < 1.29 is 4.79 Å². The quantitative estimate of drug-likeness (QED) is 0.632. The van der Waals surface area contributed by atoms with Gasteiger partial charge in [0.2, 0.25) is 0 Å². The summed E-state index contributed by atoms with van der Waals surface area (Å²) in [5.74, 6) is -0.200. The van der Waals surface area contributed by atoms with Crippen molar-refractivity contribution in [3.05, 3.63) is 72.8 Å². The summed E-state index contributed by atoms with van der Waals surface area (Å²) in [5, 5.41) is 6.88. The van der Waals surface area contributed by atoms with Gasteiger partial charge in [0.1, 0.15) is 11.3 Å². The number of imidazole rings is 1. The number of hydrogen-bond acceptors (Lipinski definition) is 3. The van der Waals surface area contributed by atoms with Gasteiger partial charge in [0.05, 0.1) is 5.69 Å². The van der Waals surface area contributed by atoms with Crippen LogP contribution in [-0.4, -0.2) is 25.1 Å². The number of hydrogen-bond donors (Lipinski definition) is 1. The Bertz CT molecular complexity index is 1020. The van der Waals surface area contributed by atoms with Crippen molar-refractivity contribution >= 4 is 17.2 Å². The smallest absolute Gasteiger partial charge is 0.273 e. The van der Waals surface area contributed by atoms with E-state index in [0.29, 0.717) is 11.4 Å². The summed E-state index contributed by atoms with van der Waals surface area (Å²) in [4.78, 5) is 16.9. The fourth-order valence-electron chi connectivity index (χ4n) is 2.60. The molecule has 0 radical (unpaired) electrons. The molecule has 0 saturated carbocycles. The molecule has 0 spiro atoms. The zero-order valence-electron chi connectivity index (χ0n) is 13.0. The molecule has 0 aliphatic carbocycles. The Labute approximate surface area is 138 Å². The second-order valence-electron chi connectivity index (χ2n) is 5.47. The predicted molar refractivity (Wildman–Crippen MR) is 91.8 cm³/mol. The van der Waals surface area contributed by atoms with E-state index in [-0.39, 0.29) is 5.91 Å². The maximum atomic E-state index is 12.3. The average molecular weight is 317 g/mol. The van der Waals surface area contributed by atoms with Gasteiger partial charge in [-0.3, -0.25) is 9.48 Å². The molecule has 1 aromatic carbocycles. The number of nitrogens with one attached hydrogen (secondary N) is 1. The Morgan fingerprint density at radius 3 is 2.71 bits per heavy atom. The van der Waals surface area contributed by atoms with Crippen molar-refractivity contribution in [3.8, 4) is 11.3 Å². The van der Waals surface area contributed by atoms with Crippen LogP contribution in [0.2, 0.25) is 0 Å². The first kappa shape index (κ1) is 14.2. The van der Waals surface area contributed by atoms with Gasteiger partial charge in [-0.15, -0.1) is 0 Å². The fourth-order valence-corrected chi connectivity index (χ4v) is 2.60. The largest absolute Gasteiger partial charge is 0.320 e. The van der Waals surface area contributed by atoms with E-state index in [1.807, 2.05) is 59.3 Å². The molecule has 1 N–H and O–H groups in total. The third kappa shape index (κ3) is 2.54. The first-order valence-electron chi connectivity index (χ1n) is 7.54. The van der Waals surface area contributed by atoms with E-state index in [9.17, 15) is 4.79 Å². The molecule has 0 bridgehead atoms. The van der Waals surface area contributed by atoms with E-state index < -0.39 is 0 Å². The van der Waals surface area contributed by atoms with Gasteiger partial charge in [0, 0.05) is 43.0 Å². The van der Waals surface area contributed by atoms with Crippen LogP contribution in [0.5, 0.6) is 0 Å². The van der Waals surface area contributed by atoms with Crippen LogP contribution in [-0.2, 0) is 7.05 Å². The zero-order valence-corrected chi connectivity index (χ0v) is 13.0. The van der Waals surface area contributed by atoms with Crippen LogP contribution in [0.25, 0.3) is 16.9 Å². The van der Waals surface area contributed by atoms with Crippen LogP contribution in [0.3, 0.4) is 0 Å². The Hall–Kier alpha value is -3.41. The fraction of sp³-hybridized carbons (Fsp3) is 0.0556. The van der Waals surface area contributed by atoms with Crippen molar-refractivity contribution in [1.29, 1.82) is 0 Å². The molecule has 24 heavy (non-hydrogen) atoms. The number of nitrogens with zero attached hydrogens (tertiary/aromatic N) is 4. The number of benzene rings is 1. The maximum absolute atomic E-state index is 12.3. The molecule has 118 valence electrons. The maximum Gasteiger partial charge on any atom is 0.273 e. The summed E-state index contributed by atoms with van der Waals surface area (Å²) in [5.41, 5.74) is 3.92. The lowest BCUT2D eigenvalue weighted by molar-refractivity contribution is 0.101. The molecule has 4 rings (SSSR count). The molecular formula is C18H15N5O. The minimum Gasteiger partial charge on any atom is -0.320 e. The molecular weight excluding hydrogens is 302 g/mol. The second kappa shape index (κ2) is 5.66. The normalized spacial score (nSPS) is 10.9. The molecule has 1 amide bonds. The number of rotatable bonds is 3. The molecule has 3 heterocycles. The summed E-state index contributed by atoms with van der Waals surface area (Å²) < 4.78 is 3.47. The second-order valence-corrected chi connectivity index (χ2v) is 5.47. The van der Waals surface area contributed by atoms with Gasteiger partial charge in [-0.2, -0.15) is 5.10 Å². The van der Waals surface area contributed by atoms with Crippen molar-refractivity contribution in [3.63, 3.8) is 0 Å². The molecule has 0 aliphatic heterocycles. The van der Waals surface area contributed by atoms with Crippen LogP contribution < -0.4 is 5.32 Å². The van der Waals surface area contributed by atoms with E-state index >= 15 is 0 Å². The molecule has 0 unspecified atom stereocenters. The van der Waals surface area contributed by atoms with E-state index in [0.717, 1.165) is 16.9 Å². The Morgan fingerprint density at radius 2 is 1.96 bits per heavy atom. The Morgan fingerprint density at radius 1 is 1.12 bits per heavy atom. The lowest BCUT2D eigenvalue weighted by Crippen LogP contribution is -2.16. The SMILES string of the molecule is Cn1nccc1C(=O)Nc1ccn2cc(-c3ccccc3)nc2c1. The third-order valence-corrected chi connectivity index (χ3v) is 3.84. The molecule has 0 saturated heterocycles. The van der Waals surface area contributed by atoms with Gasteiger partial charge in [-0.25, -0.2) is 4.98 Å². The summed E-state index contributed by atoms with van der Waals surface area (Å²) in [6.07, 6.45) is 5.45. The van der Waals surface area contributed by atoms with Crippen molar-refractivity contribution in [1.82, 2.24) is 19.2 Å². The van der Waals surface area contributed by atoms with Crippen LogP contribution in [0.15, 0.2) is 67.1 Å². The summed E-state index contributed by atoms with van der Waals surface area (Å²) in [6.45, 7) is 0. The number of pyridine rings is 1. The highest BCUT2D eigenvalue weighted by atomic mass is 16.2. The minimum absolute atomic E-state index is 0.200. The van der Waals surface area contributed by atoms with Crippen molar-refractivity contribution in [2.75, 3.05) is 5.32 Å². The molecule has 0 atom stereocenters. The van der Waals surface area contributed by atoms with Crippen LogP contribution in [0.4, 0.5) is 5.69 Å². The number of carbonyl (C=O) groups is 1. The standard InChI is InChI=1S/C18H15N5O/c1-22-16(7-9-19-22)18(24)20-14-8-10-23-12-15(21-17(23)11-14)13-5-3-2-4-6-13/h2-12H,1H3,(H,20,24). The Balaban J connectivity index is 1.64. The Kier molecular flexibility index (Phi) is 3.35. The van der Waals surface area contributed by atoms with E-state index in [1.54, 1.807) is 19.3 Å². The first-order valence-corrected chi connectivity index (χ1v) is 7.54. The summed E-state index contributed by atoms with van der Waals surface area (Å²) >= 11 is 0. The number of aryl methyl sites for hydroxylation is 1.